The molecular formula is C14H21F2NO. The topological polar surface area (TPSA) is 35.2 Å². The van der Waals surface area contributed by atoms with Gasteiger partial charge in [0, 0.05) is 17.5 Å². The predicted octanol–water partition coefficient (Wildman–Crippen LogP) is 3.39. The van der Waals surface area contributed by atoms with Gasteiger partial charge >= 0.3 is 0 Å². The highest BCUT2D eigenvalue weighted by molar-refractivity contribution is 5.45. The lowest BCUT2D eigenvalue weighted by atomic mass is 9.81. The molecule has 0 aliphatic heterocycles. The van der Waals surface area contributed by atoms with Crippen LogP contribution in [0.1, 0.15) is 30.5 Å². The maximum absolute atomic E-state index is 14.4. The summed E-state index contributed by atoms with van der Waals surface area (Å²) in [6, 6.07) is 2.95. The van der Waals surface area contributed by atoms with E-state index in [1.54, 1.807) is 13.8 Å². The number of benzene rings is 1. The van der Waals surface area contributed by atoms with E-state index in [1.807, 2.05) is 0 Å². The fraction of sp³-hybridized carbons (Fsp3) is 0.571. The number of aryl methyl sites for hydroxylation is 2. The van der Waals surface area contributed by atoms with Gasteiger partial charge in [0.15, 0.2) is 0 Å². The van der Waals surface area contributed by atoms with E-state index in [0.717, 1.165) is 0 Å². The third-order valence-electron chi connectivity index (χ3n) is 3.39. The largest absolute Gasteiger partial charge is 0.496 e. The van der Waals surface area contributed by atoms with E-state index in [1.165, 1.54) is 33.1 Å². The van der Waals surface area contributed by atoms with Crippen LogP contribution in [0.4, 0.5) is 8.78 Å². The number of nitrogens with two attached hydrogens (primary N) is 1. The van der Waals surface area contributed by atoms with Gasteiger partial charge in [0.25, 0.3) is 5.92 Å². The molecule has 0 amide bonds. The number of methoxy groups -OCH3 is 1. The maximum atomic E-state index is 14.4. The molecule has 1 aromatic rings. The zero-order valence-electron chi connectivity index (χ0n) is 11.6. The lowest BCUT2D eigenvalue weighted by Crippen LogP contribution is -2.40. The van der Waals surface area contributed by atoms with E-state index in [0.29, 0.717) is 16.9 Å². The molecule has 1 aromatic carbocycles. The molecule has 0 radical (unpaired) electrons. The first kappa shape index (κ1) is 14.9. The van der Waals surface area contributed by atoms with E-state index < -0.39 is 11.3 Å². The van der Waals surface area contributed by atoms with E-state index >= 15 is 0 Å². The van der Waals surface area contributed by atoms with Crippen LogP contribution in [0.3, 0.4) is 0 Å². The van der Waals surface area contributed by atoms with Crippen LogP contribution < -0.4 is 10.5 Å². The minimum atomic E-state index is -2.97. The molecule has 2 nitrogen and oxygen atoms in total. The predicted molar refractivity (Wildman–Crippen MR) is 69.2 cm³/mol. The van der Waals surface area contributed by atoms with E-state index in [2.05, 4.69) is 0 Å². The Hall–Kier alpha value is -1.16. The molecule has 4 heteroatoms. The van der Waals surface area contributed by atoms with Gasteiger partial charge in [-0.2, -0.15) is 0 Å². The van der Waals surface area contributed by atoms with Gasteiger partial charge in [-0.3, -0.25) is 0 Å². The molecule has 102 valence electrons. The van der Waals surface area contributed by atoms with E-state index in [-0.39, 0.29) is 12.1 Å². The first-order valence-corrected chi connectivity index (χ1v) is 5.91. The number of rotatable bonds is 4. The van der Waals surface area contributed by atoms with Crippen LogP contribution in [-0.4, -0.2) is 13.7 Å². The Bertz CT molecular complexity index is 418. The van der Waals surface area contributed by atoms with Crippen molar-refractivity contribution in [2.45, 2.75) is 33.6 Å². The Labute approximate surface area is 107 Å². The molecule has 0 saturated heterocycles. The monoisotopic (exact) mass is 257 g/mol. The minimum Gasteiger partial charge on any atom is -0.496 e. The molecule has 0 unspecified atom stereocenters. The van der Waals surface area contributed by atoms with Crippen molar-refractivity contribution in [1.29, 1.82) is 0 Å². The zero-order valence-corrected chi connectivity index (χ0v) is 11.6. The first-order valence-electron chi connectivity index (χ1n) is 5.91. The average molecular weight is 257 g/mol. The molecular weight excluding hydrogens is 236 g/mol. The highest BCUT2D eigenvalue weighted by Crippen LogP contribution is 2.45. The first-order chi connectivity index (χ1) is 8.17. The van der Waals surface area contributed by atoms with Crippen molar-refractivity contribution >= 4 is 0 Å². The zero-order chi connectivity index (χ0) is 14.1. The SMILES string of the molecule is COc1c(C)cc(C(F)(F)C(C)(C)CN)cc1C. The van der Waals surface area contributed by atoms with Crippen molar-refractivity contribution in [2.75, 3.05) is 13.7 Å². The second-order valence-corrected chi connectivity index (χ2v) is 5.31. The summed E-state index contributed by atoms with van der Waals surface area (Å²) in [7, 11) is 1.54. The van der Waals surface area contributed by atoms with E-state index in [9.17, 15) is 8.78 Å². The molecule has 18 heavy (non-hydrogen) atoms. The summed E-state index contributed by atoms with van der Waals surface area (Å²) in [4.78, 5) is 0. The van der Waals surface area contributed by atoms with Crippen LogP contribution in [0.2, 0.25) is 0 Å². The van der Waals surface area contributed by atoms with Crippen LogP contribution >= 0.6 is 0 Å². The summed E-state index contributed by atoms with van der Waals surface area (Å²) in [5, 5.41) is 0. The Morgan fingerprint density at radius 1 is 1.17 bits per heavy atom. The second-order valence-electron chi connectivity index (χ2n) is 5.31. The highest BCUT2D eigenvalue weighted by atomic mass is 19.3. The van der Waals surface area contributed by atoms with Crippen molar-refractivity contribution in [3.63, 3.8) is 0 Å². The van der Waals surface area contributed by atoms with Crippen molar-refractivity contribution in [2.24, 2.45) is 11.1 Å². The molecule has 0 aliphatic carbocycles. The van der Waals surface area contributed by atoms with E-state index in [4.69, 9.17) is 10.5 Å². The van der Waals surface area contributed by atoms with Crippen LogP contribution in [0.5, 0.6) is 5.75 Å². The Balaban J connectivity index is 3.35. The van der Waals surface area contributed by atoms with Crippen molar-refractivity contribution < 1.29 is 13.5 Å². The number of alkyl halides is 2. The summed E-state index contributed by atoms with van der Waals surface area (Å²) in [5.41, 5.74) is 5.59. The van der Waals surface area contributed by atoms with Gasteiger partial charge in [-0.15, -0.1) is 0 Å². The highest BCUT2D eigenvalue weighted by Gasteiger charge is 2.47. The van der Waals surface area contributed by atoms with Crippen LogP contribution in [0.25, 0.3) is 0 Å². The molecule has 0 aromatic heterocycles. The Morgan fingerprint density at radius 3 is 1.94 bits per heavy atom. The number of hydrogen-bond donors (Lipinski definition) is 1. The van der Waals surface area contributed by atoms with Crippen LogP contribution in [0, 0.1) is 19.3 Å². The Morgan fingerprint density at radius 2 is 1.61 bits per heavy atom. The molecule has 1 rings (SSSR count). The molecule has 0 aliphatic rings. The van der Waals surface area contributed by atoms with Gasteiger partial charge in [-0.05, 0) is 37.1 Å². The van der Waals surface area contributed by atoms with Crippen molar-refractivity contribution in [3.8, 4) is 5.75 Å². The molecule has 0 atom stereocenters. The maximum Gasteiger partial charge on any atom is 0.279 e. The third-order valence-corrected chi connectivity index (χ3v) is 3.39. The van der Waals surface area contributed by atoms with Gasteiger partial charge in [-0.1, -0.05) is 13.8 Å². The number of hydrogen-bond acceptors (Lipinski definition) is 2. The molecule has 0 spiro atoms. The van der Waals surface area contributed by atoms with Gasteiger partial charge in [-0.25, -0.2) is 8.78 Å². The average Bonchev–Trinajstić information content (AvgIpc) is 2.28. The summed E-state index contributed by atoms with van der Waals surface area (Å²) in [6.45, 7) is 6.40. The molecule has 0 heterocycles. The fourth-order valence-corrected chi connectivity index (χ4v) is 1.97. The summed E-state index contributed by atoms with van der Waals surface area (Å²) in [5.74, 6) is -2.32. The molecule has 0 bridgehead atoms. The molecule has 0 saturated carbocycles. The van der Waals surface area contributed by atoms with Crippen molar-refractivity contribution in [1.82, 2.24) is 0 Å². The Kier molecular flexibility index (Phi) is 4.01. The van der Waals surface area contributed by atoms with Crippen LogP contribution in [0.15, 0.2) is 12.1 Å². The third kappa shape index (κ3) is 2.34. The van der Waals surface area contributed by atoms with Gasteiger partial charge in [0.2, 0.25) is 0 Å². The second kappa shape index (κ2) is 4.84. The van der Waals surface area contributed by atoms with Crippen LogP contribution in [-0.2, 0) is 5.92 Å². The fourth-order valence-electron chi connectivity index (χ4n) is 1.97. The standard InChI is InChI=1S/C14H21F2NO/c1-9-6-11(7-10(2)12(9)18-5)14(15,16)13(3,4)8-17/h6-7H,8,17H2,1-5H3. The van der Waals surface area contributed by atoms with Gasteiger partial charge in [0.1, 0.15) is 5.75 Å². The lowest BCUT2D eigenvalue weighted by Gasteiger charge is -2.33. The number of halogens is 2. The molecule has 0 fully saturated rings. The normalized spacial score (nSPS) is 12.7. The van der Waals surface area contributed by atoms with Gasteiger partial charge in [0.05, 0.1) is 7.11 Å². The summed E-state index contributed by atoms with van der Waals surface area (Å²) in [6.07, 6.45) is 0. The lowest BCUT2D eigenvalue weighted by molar-refractivity contribution is -0.108. The summed E-state index contributed by atoms with van der Waals surface area (Å²) >= 11 is 0. The molecule has 2 N–H and O–H groups in total. The smallest absolute Gasteiger partial charge is 0.279 e. The summed E-state index contributed by atoms with van der Waals surface area (Å²) < 4.78 is 34.0. The minimum absolute atomic E-state index is 0.00579. The number of ether oxygens (including phenoxy) is 1. The quantitative estimate of drug-likeness (QED) is 0.897. The van der Waals surface area contributed by atoms with Crippen molar-refractivity contribution in [3.05, 3.63) is 28.8 Å². The van der Waals surface area contributed by atoms with Gasteiger partial charge < -0.3 is 10.5 Å².